The number of anilines is 2. The largest absolute Gasteiger partial charge is 0.495 e. The lowest BCUT2D eigenvalue weighted by Gasteiger charge is -2.12. The number of carbonyl (C=O) groups is 3. The Labute approximate surface area is 179 Å². The highest BCUT2D eigenvalue weighted by atomic mass is 16.5. The maximum atomic E-state index is 12.6. The fourth-order valence-corrected chi connectivity index (χ4v) is 2.77. The number of benzene rings is 3. The highest BCUT2D eigenvalue weighted by Gasteiger charge is 2.10. The van der Waals surface area contributed by atoms with Crippen LogP contribution in [0.25, 0.3) is 0 Å². The molecule has 0 fully saturated rings. The van der Waals surface area contributed by atoms with Gasteiger partial charge < -0.3 is 25.8 Å². The van der Waals surface area contributed by atoms with Crippen molar-refractivity contribution in [2.24, 2.45) is 5.73 Å². The normalized spacial score (nSPS) is 10.1. The maximum Gasteiger partial charge on any atom is 0.255 e. The Bertz CT molecular complexity index is 1110. The maximum absolute atomic E-state index is 12.6. The number of nitrogens with two attached hydrogens (primary N) is 1. The first-order valence-electron chi connectivity index (χ1n) is 9.30. The molecule has 158 valence electrons. The molecule has 0 spiro atoms. The van der Waals surface area contributed by atoms with Crippen LogP contribution in [0.1, 0.15) is 27.6 Å². The molecule has 0 aromatic heterocycles. The SMILES string of the molecule is COc1ccc(NC(=O)c2ccc(Oc3ccc(C(N)=O)cc3)cc2)cc1NC(C)=O. The van der Waals surface area contributed by atoms with Gasteiger partial charge in [0.15, 0.2) is 0 Å². The van der Waals surface area contributed by atoms with Crippen LogP contribution in [0.4, 0.5) is 11.4 Å². The number of rotatable bonds is 7. The Morgan fingerprint density at radius 2 is 1.39 bits per heavy atom. The minimum absolute atomic E-state index is 0.248. The average Bonchev–Trinajstić information content (AvgIpc) is 2.74. The monoisotopic (exact) mass is 419 g/mol. The van der Waals surface area contributed by atoms with Crippen molar-refractivity contribution in [2.75, 3.05) is 17.7 Å². The van der Waals surface area contributed by atoms with Gasteiger partial charge in [-0.25, -0.2) is 0 Å². The summed E-state index contributed by atoms with van der Waals surface area (Å²) in [6.45, 7) is 1.39. The second-order valence-corrected chi connectivity index (χ2v) is 6.57. The molecule has 0 bridgehead atoms. The minimum atomic E-state index is -0.511. The molecule has 8 heteroatoms. The van der Waals surface area contributed by atoms with Crippen molar-refractivity contribution >= 4 is 29.1 Å². The van der Waals surface area contributed by atoms with E-state index in [9.17, 15) is 14.4 Å². The zero-order valence-corrected chi connectivity index (χ0v) is 17.0. The van der Waals surface area contributed by atoms with Gasteiger partial charge in [-0.1, -0.05) is 0 Å². The Kier molecular flexibility index (Phi) is 6.51. The van der Waals surface area contributed by atoms with Gasteiger partial charge in [0, 0.05) is 23.7 Å². The fraction of sp³-hybridized carbons (Fsp3) is 0.0870. The van der Waals surface area contributed by atoms with Gasteiger partial charge in [0.25, 0.3) is 5.91 Å². The van der Waals surface area contributed by atoms with Crippen molar-refractivity contribution in [1.82, 2.24) is 0 Å². The number of hydrogen-bond donors (Lipinski definition) is 3. The number of methoxy groups -OCH3 is 1. The van der Waals surface area contributed by atoms with Gasteiger partial charge in [0.05, 0.1) is 12.8 Å². The smallest absolute Gasteiger partial charge is 0.255 e. The van der Waals surface area contributed by atoms with Crippen molar-refractivity contribution in [3.8, 4) is 17.2 Å². The summed E-state index contributed by atoms with van der Waals surface area (Å²) < 4.78 is 10.9. The van der Waals surface area contributed by atoms with E-state index in [1.54, 1.807) is 66.7 Å². The fourth-order valence-electron chi connectivity index (χ4n) is 2.77. The second kappa shape index (κ2) is 9.45. The second-order valence-electron chi connectivity index (χ2n) is 6.57. The lowest BCUT2D eigenvalue weighted by molar-refractivity contribution is -0.114. The standard InChI is InChI=1S/C23H21N3O5/c1-14(27)25-20-13-17(7-12-21(20)30-2)26-23(29)16-5-10-19(11-6-16)31-18-8-3-15(4-9-18)22(24)28/h3-13H,1-2H3,(H2,24,28)(H,25,27)(H,26,29). The van der Waals surface area contributed by atoms with E-state index >= 15 is 0 Å². The molecule has 0 heterocycles. The van der Waals surface area contributed by atoms with E-state index in [1.807, 2.05) is 0 Å². The topological polar surface area (TPSA) is 120 Å². The van der Waals surface area contributed by atoms with Crippen molar-refractivity contribution in [3.63, 3.8) is 0 Å². The van der Waals surface area contributed by atoms with E-state index < -0.39 is 5.91 Å². The van der Waals surface area contributed by atoms with Gasteiger partial charge >= 0.3 is 0 Å². The molecule has 0 saturated heterocycles. The van der Waals surface area contributed by atoms with Gasteiger partial charge in [-0.2, -0.15) is 0 Å². The van der Waals surface area contributed by atoms with Gasteiger partial charge in [-0.3, -0.25) is 14.4 Å². The lowest BCUT2D eigenvalue weighted by Crippen LogP contribution is -2.13. The molecule has 0 saturated carbocycles. The van der Waals surface area contributed by atoms with E-state index in [2.05, 4.69) is 10.6 Å². The molecular formula is C23H21N3O5. The minimum Gasteiger partial charge on any atom is -0.495 e. The first kappa shape index (κ1) is 21.4. The Morgan fingerprint density at radius 3 is 1.90 bits per heavy atom. The molecule has 31 heavy (non-hydrogen) atoms. The van der Waals surface area contributed by atoms with E-state index in [0.29, 0.717) is 39.8 Å². The van der Waals surface area contributed by atoms with Crippen LogP contribution in [0.15, 0.2) is 66.7 Å². The number of amides is 3. The molecule has 3 aromatic rings. The third kappa shape index (κ3) is 5.60. The van der Waals surface area contributed by atoms with Crippen molar-refractivity contribution < 1.29 is 23.9 Å². The predicted octanol–water partition coefficient (Wildman–Crippen LogP) is 3.80. The van der Waals surface area contributed by atoms with Crippen LogP contribution in [-0.4, -0.2) is 24.8 Å². The molecule has 3 rings (SSSR count). The van der Waals surface area contributed by atoms with Gasteiger partial charge in [-0.05, 0) is 66.7 Å². The first-order chi connectivity index (χ1) is 14.9. The van der Waals surface area contributed by atoms with Gasteiger partial charge in [0.1, 0.15) is 17.2 Å². The third-order valence-electron chi connectivity index (χ3n) is 4.26. The quantitative estimate of drug-likeness (QED) is 0.538. The summed E-state index contributed by atoms with van der Waals surface area (Å²) in [5.74, 6) is 0.464. The zero-order valence-electron chi connectivity index (χ0n) is 17.0. The van der Waals surface area contributed by atoms with Crippen LogP contribution in [0.3, 0.4) is 0 Å². The van der Waals surface area contributed by atoms with Crippen molar-refractivity contribution in [1.29, 1.82) is 0 Å². The molecule has 4 N–H and O–H groups in total. The summed E-state index contributed by atoms with van der Waals surface area (Å²) in [6.07, 6.45) is 0. The first-order valence-corrected chi connectivity index (χ1v) is 9.30. The molecule has 0 aliphatic carbocycles. The molecule has 3 amide bonds. The highest BCUT2D eigenvalue weighted by molar-refractivity contribution is 6.05. The average molecular weight is 419 g/mol. The zero-order chi connectivity index (χ0) is 22.4. The number of hydrogen-bond acceptors (Lipinski definition) is 5. The van der Waals surface area contributed by atoms with Crippen LogP contribution in [0, 0.1) is 0 Å². The Hall–Kier alpha value is -4.33. The summed E-state index contributed by atoms with van der Waals surface area (Å²) in [4.78, 5) is 35.0. The van der Waals surface area contributed by atoms with Crippen LogP contribution < -0.4 is 25.8 Å². The number of primary amides is 1. The molecule has 0 unspecified atom stereocenters. The summed E-state index contributed by atoms with van der Waals surface area (Å²) in [5.41, 5.74) is 6.99. The van der Waals surface area contributed by atoms with E-state index in [-0.39, 0.29) is 11.8 Å². The Balaban J connectivity index is 1.67. The Morgan fingerprint density at radius 1 is 0.806 bits per heavy atom. The number of ether oxygens (including phenoxy) is 2. The molecule has 3 aromatic carbocycles. The molecular weight excluding hydrogens is 398 g/mol. The third-order valence-corrected chi connectivity index (χ3v) is 4.26. The summed E-state index contributed by atoms with van der Waals surface area (Å²) in [6, 6.07) is 17.9. The van der Waals surface area contributed by atoms with E-state index in [4.69, 9.17) is 15.2 Å². The van der Waals surface area contributed by atoms with Crippen molar-refractivity contribution in [2.45, 2.75) is 6.92 Å². The molecule has 0 radical (unpaired) electrons. The summed E-state index contributed by atoms with van der Waals surface area (Å²) >= 11 is 0. The van der Waals surface area contributed by atoms with Gasteiger partial charge in [-0.15, -0.1) is 0 Å². The summed E-state index contributed by atoms with van der Waals surface area (Å²) in [7, 11) is 1.49. The molecule has 0 atom stereocenters. The molecule has 0 aliphatic rings. The highest BCUT2D eigenvalue weighted by Crippen LogP contribution is 2.28. The van der Waals surface area contributed by atoms with Crippen LogP contribution >= 0.6 is 0 Å². The van der Waals surface area contributed by atoms with Crippen LogP contribution in [0.5, 0.6) is 17.2 Å². The molecule has 0 aliphatic heterocycles. The molecule has 8 nitrogen and oxygen atoms in total. The van der Waals surface area contributed by atoms with E-state index in [0.717, 1.165) is 0 Å². The lowest BCUT2D eigenvalue weighted by atomic mass is 10.2. The van der Waals surface area contributed by atoms with Crippen LogP contribution in [0.2, 0.25) is 0 Å². The van der Waals surface area contributed by atoms with Crippen molar-refractivity contribution in [3.05, 3.63) is 77.9 Å². The predicted molar refractivity (Wildman–Crippen MR) is 117 cm³/mol. The number of nitrogens with one attached hydrogen (secondary N) is 2. The van der Waals surface area contributed by atoms with Crippen LogP contribution in [-0.2, 0) is 4.79 Å². The number of carbonyl (C=O) groups excluding carboxylic acids is 3. The van der Waals surface area contributed by atoms with E-state index in [1.165, 1.54) is 14.0 Å². The summed E-state index contributed by atoms with van der Waals surface area (Å²) in [5, 5.41) is 5.44. The van der Waals surface area contributed by atoms with Gasteiger partial charge in [0.2, 0.25) is 11.8 Å².